The van der Waals surface area contributed by atoms with Crippen molar-refractivity contribution < 1.29 is 4.79 Å². The van der Waals surface area contributed by atoms with E-state index in [9.17, 15) is 4.79 Å². The zero-order valence-electron chi connectivity index (χ0n) is 12.5. The highest BCUT2D eigenvalue weighted by molar-refractivity contribution is 6.33. The lowest BCUT2D eigenvalue weighted by Crippen LogP contribution is -2.50. The van der Waals surface area contributed by atoms with E-state index in [1.807, 2.05) is 4.90 Å². The van der Waals surface area contributed by atoms with Crippen molar-refractivity contribution in [1.82, 2.24) is 19.7 Å². The lowest BCUT2D eigenvalue weighted by molar-refractivity contribution is 0.0630. The van der Waals surface area contributed by atoms with Crippen molar-refractivity contribution in [2.24, 2.45) is 0 Å². The number of hydrogen-bond acceptors (Lipinski definition) is 5. The van der Waals surface area contributed by atoms with Gasteiger partial charge in [0.15, 0.2) is 0 Å². The predicted molar refractivity (Wildman–Crippen MR) is 84.6 cm³/mol. The highest BCUT2D eigenvalue weighted by Gasteiger charge is 2.23. The largest absolute Gasteiger partial charge is 0.384 e. The van der Waals surface area contributed by atoms with Crippen LogP contribution in [0.3, 0.4) is 0 Å². The van der Waals surface area contributed by atoms with Gasteiger partial charge in [0.05, 0.1) is 10.6 Å². The molecule has 1 amide bonds. The summed E-state index contributed by atoms with van der Waals surface area (Å²) in [4.78, 5) is 22.7. The summed E-state index contributed by atoms with van der Waals surface area (Å²) in [5.74, 6) is 0.244. The minimum Gasteiger partial charge on any atom is -0.384 e. The maximum absolute atomic E-state index is 12.5. The van der Waals surface area contributed by atoms with Gasteiger partial charge in [-0.05, 0) is 20.2 Å². The van der Waals surface area contributed by atoms with E-state index in [1.165, 1.54) is 6.20 Å². The highest BCUT2D eigenvalue weighted by atomic mass is 35.5. The van der Waals surface area contributed by atoms with Crippen LogP contribution in [0.1, 0.15) is 10.4 Å². The second-order valence-corrected chi connectivity index (χ2v) is 5.93. The molecule has 0 aliphatic carbocycles. The first-order valence-electron chi connectivity index (χ1n) is 7.05. The fraction of sp³-hybridized carbons (Fsp3) is 0.571. The molecule has 0 spiro atoms. The van der Waals surface area contributed by atoms with Gasteiger partial charge in [-0.15, -0.1) is 0 Å². The van der Waals surface area contributed by atoms with Gasteiger partial charge >= 0.3 is 0 Å². The van der Waals surface area contributed by atoms with Crippen LogP contribution in [0.4, 0.5) is 5.82 Å². The van der Waals surface area contributed by atoms with Crippen LogP contribution < -0.4 is 5.73 Å². The average molecular weight is 312 g/mol. The first-order chi connectivity index (χ1) is 9.97. The second kappa shape index (κ2) is 7.06. The molecule has 1 aliphatic rings. The number of nitrogens with zero attached hydrogens (tertiary/aromatic N) is 4. The Labute approximate surface area is 130 Å². The number of aromatic nitrogens is 1. The Kier molecular flexibility index (Phi) is 5.39. The molecule has 2 rings (SSSR count). The Bertz CT molecular complexity index is 500. The molecule has 1 aromatic rings. The van der Waals surface area contributed by atoms with Gasteiger partial charge in [-0.25, -0.2) is 4.98 Å². The molecular weight excluding hydrogens is 290 g/mol. The van der Waals surface area contributed by atoms with Crippen LogP contribution >= 0.6 is 11.6 Å². The van der Waals surface area contributed by atoms with Crippen molar-refractivity contribution in [3.8, 4) is 0 Å². The molecule has 0 bridgehead atoms. The first-order valence-corrected chi connectivity index (χ1v) is 7.42. The molecule has 1 aromatic heterocycles. The fourth-order valence-electron chi connectivity index (χ4n) is 2.31. The number of nitrogens with two attached hydrogens (primary N) is 1. The number of halogens is 1. The number of nitrogen functional groups attached to an aromatic ring is 1. The maximum atomic E-state index is 12.5. The van der Waals surface area contributed by atoms with Crippen LogP contribution in [0.2, 0.25) is 5.02 Å². The Balaban J connectivity index is 1.92. The third kappa shape index (κ3) is 4.30. The monoisotopic (exact) mass is 311 g/mol. The van der Waals surface area contributed by atoms with Gasteiger partial charge in [0.25, 0.3) is 5.91 Å². The van der Waals surface area contributed by atoms with Crippen LogP contribution in [0.25, 0.3) is 0 Å². The number of amides is 1. The van der Waals surface area contributed by atoms with Gasteiger partial charge in [-0.2, -0.15) is 0 Å². The number of pyridine rings is 1. The minimum absolute atomic E-state index is 0.0682. The molecule has 0 atom stereocenters. The summed E-state index contributed by atoms with van der Waals surface area (Å²) in [6.45, 7) is 5.25. The Hall–Kier alpha value is -1.37. The van der Waals surface area contributed by atoms with Crippen LogP contribution in [0.15, 0.2) is 12.3 Å². The van der Waals surface area contributed by atoms with Gasteiger partial charge in [0.2, 0.25) is 0 Å². The molecule has 0 unspecified atom stereocenters. The summed E-state index contributed by atoms with van der Waals surface area (Å²) in [6, 6.07) is 1.54. The number of carbonyl (C=O) groups excluding carboxylic acids is 1. The number of likely N-dealkylation sites (N-methyl/N-ethyl adjacent to an activating group) is 1. The molecule has 2 N–H and O–H groups in total. The minimum atomic E-state index is -0.0682. The first kappa shape index (κ1) is 16.0. The number of anilines is 1. The summed E-state index contributed by atoms with van der Waals surface area (Å²) in [5, 5.41) is 0.351. The standard InChI is InChI=1S/C14H22ClN5O/c1-18(2)3-4-19-5-7-20(8-6-19)14(21)11-9-13(16)17-10-12(11)15/h9-10H,3-8H2,1-2H3,(H2,16,17). The summed E-state index contributed by atoms with van der Waals surface area (Å²) >= 11 is 6.04. The maximum Gasteiger partial charge on any atom is 0.255 e. The van der Waals surface area contributed by atoms with Crippen molar-refractivity contribution in [3.05, 3.63) is 22.8 Å². The highest BCUT2D eigenvalue weighted by Crippen LogP contribution is 2.19. The van der Waals surface area contributed by atoms with Gasteiger partial charge in [0, 0.05) is 45.5 Å². The van der Waals surface area contributed by atoms with Gasteiger partial charge in [-0.1, -0.05) is 11.6 Å². The van der Waals surface area contributed by atoms with E-state index >= 15 is 0 Å². The van der Waals surface area contributed by atoms with Crippen molar-refractivity contribution in [2.45, 2.75) is 0 Å². The summed E-state index contributed by atoms with van der Waals surface area (Å²) in [7, 11) is 4.13. The molecule has 1 fully saturated rings. The van der Waals surface area contributed by atoms with E-state index in [-0.39, 0.29) is 5.91 Å². The van der Waals surface area contributed by atoms with Gasteiger partial charge in [0.1, 0.15) is 5.82 Å². The molecule has 0 radical (unpaired) electrons. The molecule has 21 heavy (non-hydrogen) atoms. The third-order valence-corrected chi connectivity index (χ3v) is 3.93. The summed E-state index contributed by atoms with van der Waals surface area (Å²) in [6.07, 6.45) is 1.43. The van der Waals surface area contributed by atoms with E-state index in [2.05, 4.69) is 28.9 Å². The number of piperazine rings is 1. The Morgan fingerprint density at radius 2 is 2.05 bits per heavy atom. The van der Waals surface area contributed by atoms with E-state index in [1.54, 1.807) is 6.07 Å². The van der Waals surface area contributed by atoms with Crippen molar-refractivity contribution in [2.75, 3.05) is 59.1 Å². The van der Waals surface area contributed by atoms with Crippen LogP contribution in [0, 0.1) is 0 Å². The van der Waals surface area contributed by atoms with E-state index in [4.69, 9.17) is 17.3 Å². The number of carbonyl (C=O) groups is 1. The van der Waals surface area contributed by atoms with E-state index in [0.29, 0.717) is 29.5 Å². The molecule has 7 heteroatoms. The quantitative estimate of drug-likeness (QED) is 0.884. The zero-order valence-corrected chi connectivity index (χ0v) is 13.3. The molecule has 1 saturated heterocycles. The average Bonchev–Trinajstić information content (AvgIpc) is 2.47. The topological polar surface area (TPSA) is 65.7 Å². The SMILES string of the molecule is CN(C)CCN1CCN(C(=O)c2cc(N)ncc2Cl)CC1. The predicted octanol–water partition coefficient (Wildman–Crippen LogP) is 0.637. The molecule has 2 heterocycles. The van der Waals surface area contributed by atoms with Crippen LogP contribution in [0.5, 0.6) is 0 Å². The van der Waals surface area contributed by atoms with E-state index in [0.717, 1.165) is 26.2 Å². The molecule has 116 valence electrons. The van der Waals surface area contributed by atoms with Crippen molar-refractivity contribution in [1.29, 1.82) is 0 Å². The smallest absolute Gasteiger partial charge is 0.255 e. The zero-order chi connectivity index (χ0) is 15.4. The van der Waals surface area contributed by atoms with Gasteiger partial charge < -0.3 is 15.5 Å². The lowest BCUT2D eigenvalue weighted by atomic mass is 10.2. The molecular formula is C14H22ClN5O. The Morgan fingerprint density at radius 3 is 2.67 bits per heavy atom. The van der Waals surface area contributed by atoms with Crippen LogP contribution in [-0.4, -0.2) is 79.0 Å². The Morgan fingerprint density at radius 1 is 1.38 bits per heavy atom. The summed E-state index contributed by atoms with van der Waals surface area (Å²) < 4.78 is 0. The van der Waals surface area contributed by atoms with Gasteiger partial charge in [-0.3, -0.25) is 9.69 Å². The molecule has 0 aromatic carbocycles. The lowest BCUT2D eigenvalue weighted by Gasteiger charge is -2.35. The number of hydrogen-bond donors (Lipinski definition) is 1. The van der Waals surface area contributed by atoms with Crippen LogP contribution in [-0.2, 0) is 0 Å². The van der Waals surface area contributed by atoms with E-state index < -0.39 is 0 Å². The molecule has 1 aliphatic heterocycles. The fourth-order valence-corrected chi connectivity index (χ4v) is 2.49. The van der Waals surface area contributed by atoms with Crippen molar-refractivity contribution >= 4 is 23.3 Å². The normalized spacial score (nSPS) is 16.5. The number of rotatable bonds is 4. The second-order valence-electron chi connectivity index (χ2n) is 5.53. The molecule has 6 nitrogen and oxygen atoms in total. The third-order valence-electron chi connectivity index (χ3n) is 3.63. The van der Waals surface area contributed by atoms with Crippen molar-refractivity contribution in [3.63, 3.8) is 0 Å². The molecule has 0 saturated carbocycles. The summed E-state index contributed by atoms with van der Waals surface area (Å²) in [5.41, 5.74) is 6.07.